The lowest BCUT2D eigenvalue weighted by Gasteiger charge is -2.26. The van der Waals surface area contributed by atoms with Crippen LogP contribution in [0.5, 0.6) is 0 Å². The predicted molar refractivity (Wildman–Crippen MR) is 138 cm³/mol. The van der Waals surface area contributed by atoms with Crippen molar-refractivity contribution in [1.29, 1.82) is 0 Å². The second-order valence-electron chi connectivity index (χ2n) is 9.82. The standard InChI is InChI=1S/C24H26F3N3O2.C4H4O4/c1-14-3-2-4-15(7-14)24(32)29-12-16-5-6-30(22(16)13-29)23(31)10-18(28)8-17-9-20(26)21(27)11-19(17)25;5-3(6)1-2-4(7)8/h2-4,7,9,11,16,18,22H,5-6,8,10,12-13,28H2,1H3;1-2H,(H,5,6)(H,7,8)/b;2-1+/t16-,18+,22+;/m0./s1. The maximum atomic E-state index is 13.9. The van der Waals surface area contributed by atoms with Gasteiger partial charge in [-0.1, -0.05) is 17.7 Å². The smallest absolute Gasteiger partial charge is 0.328 e. The van der Waals surface area contributed by atoms with Gasteiger partial charge in [0, 0.05) is 61.8 Å². The number of carboxylic acid groups (broad SMARTS) is 2. The Morgan fingerprint density at radius 1 is 1.00 bits per heavy atom. The highest BCUT2D eigenvalue weighted by atomic mass is 19.2. The SMILES string of the molecule is Cc1cccc(C(=O)N2C[C@@H]3CCN(C(=O)C[C@H](N)Cc4cc(F)c(F)cc4F)[C@@H]3C2)c1.O=C(O)/C=C/C(=O)O. The second kappa shape index (κ2) is 13.2. The van der Waals surface area contributed by atoms with E-state index in [1.165, 1.54) is 0 Å². The van der Waals surface area contributed by atoms with Gasteiger partial charge in [0.25, 0.3) is 5.91 Å². The zero-order valence-corrected chi connectivity index (χ0v) is 21.7. The molecule has 2 aromatic carbocycles. The van der Waals surface area contributed by atoms with Crippen molar-refractivity contribution in [2.75, 3.05) is 19.6 Å². The van der Waals surface area contributed by atoms with E-state index >= 15 is 0 Å². The topological polar surface area (TPSA) is 141 Å². The summed E-state index contributed by atoms with van der Waals surface area (Å²) in [5, 5.41) is 15.6. The van der Waals surface area contributed by atoms with Crippen molar-refractivity contribution >= 4 is 23.8 Å². The summed E-state index contributed by atoms with van der Waals surface area (Å²) >= 11 is 0. The van der Waals surface area contributed by atoms with Crippen LogP contribution >= 0.6 is 0 Å². The van der Waals surface area contributed by atoms with Gasteiger partial charge in [0.15, 0.2) is 11.6 Å². The fourth-order valence-corrected chi connectivity index (χ4v) is 4.96. The molecule has 40 heavy (non-hydrogen) atoms. The molecule has 4 rings (SSSR count). The number of nitrogens with two attached hydrogens (primary N) is 1. The van der Waals surface area contributed by atoms with Crippen LogP contribution in [-0.4, -0.2) is 75.5 Å². The summed E-state index contributed by atoms with van der Waals surface area (Å²) in [5.74, 6) is -5.79. The average Bonchev–Trinajstić information content (AvgIpc) is 3.47. The van der Waals surface area contributed by atoms with E-state index in [1.54, 1.807) is 15.9 Å². The fraction of sp³-hybridized carbons (Fsp3) is 0.357. The fourth-order valence-electron chi connectivity index (χ4n) is 4.96. The number of benzene rings is 2. The Morgan fingerprint density at radius 2 is 1.65 bits per heavy atom. The molecule has 2 fully saturated rings. The van der Waals surface area contributed by atoms with E-state index in [4.69, 9.17) is 15.9 Å². The highest BCUT2D eigenvalue weighted by Gasteiger charge is 2.44. The summed E-state index contributed by atoms with van der Waals surface area (Å²) in [7, 11) is 0. The van der Waals surface area contributed by atoms with Gasteiger partial charge in [-0.25, -0.2) is 22.8 Å². The number of halogens is 3. The average molecular weight is 562 g/mol. The number of carboxylic acids is 2. The van der Waals surface area contributed by atoms with Crippen LogP contribution in [0.15, 0.2) is 48.6 Å². The van der Waals surface area contributed by atoms with Crippen LogP contribution in [0.1, 0.15) is 34.3 Å². The van der Waals surface area contributed by atoms with Crippen LogP contribution in [0.4, 0.5) is 13.2 Å². The Morgan fingerprint density at radius 3 is 2.27 bits per heavy atom. The van der Waals surface area contributed by atoms with Gasteiger partial charge in [-0.05, 0) is 43.5 Å². The molecule has 2 aliphatic rings. The molecule has 0 aromatic heterocycles. The normalized spacial score (nSPS) is 18.7. The van der Waals surface area contributed by atoms with Crippen molar-refractivity contribution in [2.24, 2.45) is 11.7 Å². The van der Waals surface area contributed by atoms with Crippen molar-refractivity contribution < 1.29 is 42.6 Å². The summed E-state index contributed by atoms with van der Waals surface area (Å²) in [6.07, 6.45) is 1.81. The summed E-state index contributed by atoms with van der Waals surface area (Å²) in [5.41, 5.74) is 7.63. The molecular formula is C28H30F3N3O6. The van der Waals surface area contributed by atoms with Gasteiger partial charge in [0.2, 0.25) is 5.91 Å². The van der Waals surface area contributed by atoms with E-state index in [1.807, 2.05) is 25.1 Å². The van der Waals surface area contributed by atoms with E-state index < -0.39 is 35.4 Å². The number of carbonyl (C=O) groups excluding carboxylic acids is 2. The first-order valence-electron chi connectivity index (χ1n) is 12.5. The quantitative estimate of drug-likeness (QED) is 0.349. The van der Waals surface area contributed by atoms with Crippen molar-refractivity contribution in [2.45, 2.75) is 38.3 Å². The monoisotopic (exact) mass is 561 g/mol. The van der Waals surface area contributed by atoms with E-state index in [0.29, 0.717) is 43.4 Å². The molecule has 12 heteroatoms. The first-order valence-corrected chi connectivity index (χ1v) is 12.5. The summed E-state index contributed by atoms with van der Waals surface area (Å²) in [6, 6.07) is 7.92. The number of rotatable bonds is 7. The highest BCUT2D eigenvalue weighted by Crippen LogP contribution is 2.33. The molecule has 0 saturated carbocycles. The van der Waals surface area contributed by atoms with Crippen molar-refractivity contribution in [1.82, 2.24) is 9.80 Å². The van der Waals surface area contributed by atoms with Crippen LogP contribution in [0.3, 0.4) is 0 Å². The number of amides is 2. The van der Waals surface area contributed by atoms with Crippen LogP contribution in [-0.2, 0) is 20.8 Å². The molecular weight excluding hydrogens is 531 g/mol. The summed E-state index contributed by atoms with van der Waals surface area (Å²) in [4.78, 5) is 48.4. The largest absolute Gasteiger partial charge is 0.478 e. The molecule has 0 aliphatic carbocycles. The Labute approximate surface area is 228 Å². The molecule has 9 nitrogen and oxygen atoms in total. The van der Waals surface area contributed by atoms with Gasteiger partial charge in [0.05, 0.1) is 6.04 Å². The number of hydrogen-bond acceptors (Lipinski definition) is 5. The van der Waals surface area contributed by atoms with E-state index in [2.05, 4.69) is 0 Å². The van der Waals surface area contributed by atoms with Crippen LogP contribution < -0.4 is 5.73 Å². The van der Waals surface area contributed by atoms with E-state index in [-0.39, 0.29) is 42.2 Å². The second-order valence-corrected chi connectivity index (χ2v) is 9.82. The summed E-state index contributed by atoms with van der Waals surface area (Å²) in [6.45, 7) is 3.60. The molecule has 4 N–H and O–H groups in total. The van der Waals surface area contributed by atoms with E-state index in [9.17, 15) is 32.3 Å². The lowest BCUT2D eigenvalue weighted by molar-refractivity contribution is -0.134. The number of fused-ring (bicyclic) bond motifs is 1. The third-order valence-corrected chi connectivity index (χ3v) is 6.80. The number of likely N-dealkylation sites (tertiary alicyclic amines) is 2. The van der Waals surface area contributed by atoms with Crippen LogP contribution in [0, 0.1) is 30.3 Å². The number of hydrogen-bond donors (Lipinski definition) is 3. The lowest BCUT2D eigenvalue weighted by atomic mass is 10.0. The summed E-state index contributed by atoms with van der Waals surface area (Å²) < 4.78 is 40.4. The van der Waals surface area contributed by atoms with Gasteiger partial charge in [0.1, 0.15) is 5.82 Å². The van der Waals surface area contributed by atoms with Gasteiger partial charge < -0.3 is 25.7 Å². The van der Waals surface area contributed by atoms with Crippen LogP contribution in [0.2, 0.25) is 0 Å². The molecule has 2 aliphatic heterocycles. The lowest BCUT2D eigenvalue weighted by Crippen LogP contribution is -2.43. The number of carbonyl (C=O) groups is 4. The predicted octanol–water partition coefficient (Wildman–Crippen LogP) is 2.76. The molecule has 2 heterocycles. The zero-order valence-electron chi connectivity index (χ0n) is 21.7. The molecule has 2 aromatic rings. The van der Waals surface area contributed by atoms with E-state index in [0.717, 1.165) is 18.1 Å². The highest BCUT2D eigenvalue weighted by molar-refractivity contribution is 5.94. The minimum Gasteiger partial charge on any atom is -0.478 e. The maximum absolute atomic E-state index is 13.9. The number of nitrogens with zero attached hydrogens (tertiary/aromatic N) is 2. The number of aryl methyl sites for hydroxylation is 1. The Bertz CT molecular complexity index is 1300. The van der Waals surface area contributed by atoms with Gasteiger partial charge in [-0.3, -0.25) is 9.59 Å². The molecule has 0 radical (unpaired) electrons. The van der Waals surface area contributed by atoms with Gasteiger partial charge in [-0.2, -0.15) is 0 Å². The molecule has 0 unspecified atom stereocenters. The minimum atomic E-state index is -1.26. The Kier molecular flexibility index (Phi) is 10.1. The molecule has 2 saturated heterocycles. The molecule has 0 bridgehead atoms. The zero-order chi connectivity index (χ0) is 29.6. The van der Waals surface area contributed by atoms with Gasteiger partial charge >= 0.3 is 11.9 Å². The van der Waals surface area contributed by atoms with Crippen LogP contribution in [0.25, 0.3) is 0 Å². The van der Waals surface area contributed by atoms with Crippen molar-refractivity contribution in [3.8, 4) is 0 Å². The Balaban J connectivity index is 0.000000482. The first-order chi connectivity index (χ1) is 18.8. The van der Waals surface area contributed by atoms with Gasteiger partial charge in [-0.15, -0.1) is 0 Å². The van der Waals surface area contributed by atoms with Crippen molar-refractivity contribution in [3.05, 3.63) is 82.7 Å². The molecule has 2 amide bonds. The maximum Gasteiger partial charge on any atom is 0.328 e. The Hall–Kier alpha value is -4.19. The first kappa shape index (κ1) is 30.4. The molecule has 214 valence electrons. The minimum absolute atomic E-state index is 0.0342. The third-order valence-electron chi connectivity index (χ3n) is 6.80. The number of aliphatic carboxylic acids is 2. The van der Waals surface area contributed by atoms with Crippen molar-refractivity contribution in [3.63, 3.8) is 0 Å². The molecule has 3 atom stereocenters. The third kappa shape index (κ3) is 7.92. The molecule has 0 spiro atoms.